The van der Waals surface area contributed by atoms with E-state index in [1.807, 2.05) is 24.3 Å². The summed E-state index contributed by atoms with van der Waals surface area (Å²) in [6.07, 6.45) is -4.55. The van der Waals surface area contributed by atoms with Crippen LogP contribution in [0.4, 0.5) is 24.5 Å². The number of carbonyl (C=O) groups is 3. The SMILES string of the molecule is O=C(CCCC(=O)OCC(=O)Nc1cc(C(F)(F)F)ccc1Cl)Nc1ccc(Oc2ccc(Br)cc2)cc1. The number of carbonyl (C=O) groups excluding carboxylic acids is 3. The van der Waals surface area contributed by atoms with Gasteiger partial charge in [0.15, 0.2) is 6.61 Å². The van der Waals surface area contributed by atoms with Gasteiger partial charge in [-0.2, -0.15) is 13.2 Å². The molecule has 12 heteroatoms. The zero-order chi connectivity index (χ0) is 27.7. The Balaban J connectivity index is 1.35. The molecule has 0 aromatic heterocycles. The van der Waals surface area contributed by atoms with Crippen LogP contribution >= 0.6 is 27.5 Å². The van der Waals surface area contributed by atoms with Crippen molar-refractivity contribution in [2.75, 3.05) is 17.2 Å². The molecule has 200 valence electrons. The lowest BCUT2D eigenvalue weighted by molar-refractivity contribution is -0.147. The number of ether oxygens (including phenoxy) is 2. The van der Waals surface area contributed by atoms with Crippen LogP contribution in [-0.4, -0.2) is 24.4 Å². The van der Waals surface area contributed by atoms with Crippen molar-refractivity contribution >= 4 is 56.7 Å². The van der Waals surface area contributed by atoms with Gasteiger partial charge in [-0.15, -0.1) is 0 Å². The Morgan fingerprint density at radius 1 is 0.842 bits per heavy atom. The van der Waals surface area contributed by atoms with Gasteiger partial charge >= 0.3 is 12.1 Å². The van der Waals surface area contributed by atoms with E-state index in [0.717, 1.165) is 16.6 Å². The summed E-state index contributed by atoms with van der Waals surface area (Å²) < 4.78 is 50.0. The van der Waals surface area contributed by atoms with Gasteiger partial charge in [-0.25, -0.2) is 0 Å². The fraction of sp³-hybridized carbons (Fsp3) is 0.192. The zero-order valence-corrected chi connectivity index (χ0v) is 22.0. The molecule has 0 saturated carbocycles. The highest BCUT2D eigenvalue weighted by atomic mass is 79.9. The molecule has 2 N–H and O–H groups in total. The van der Waals surface area contributed by atoms with E-state index in [9.17, 15) is 27.6 Å². The van der Waals surface area contributed by atoms with Crippen LogP contribution in [0.2, 0.25) is 5.02 Å². The minimum atomic E-state index is -4.61. The van der Waals surface area contributed by atoms with Gasteiger partial charge in [-0.1, -0.05) is 27.5 Å². The average molecular weight is 614 g/mol. The number of anilines is 2. The van der Waals surface area contributed by atoms with Crippen LogP contribution in [0.15, 0.2) is 71.2 Å². The van der Waals surface area contributed by atoms with Crippen LogP contribution in [0, 0.1) is 0 Å². The maximum absolute atomic E-state index is 12.8. The molecule has 2 amide bonds. The van der Waals surface area contributed by atoms with Gasteiger partial charge in [0, 0.05) is 23.0 Å². The van der Waals surface area contributed by atoms with Gasteiger partial charge in [0.2, 0.25) is 5.91 Å². The Labute approximate surface area is 229 Å². The van der Waals surface area contributed by atoms with E-state index >= 15 is 0 Å². The maximum atomic E-state index is 12.8. The van der Waals surface area contributed by atoms with E-state index in [2.05, 4.69) is 26.6 Å². The molecule has 3 aromatic rings. The second kappa shape index (κ2) is 13.3. The van der Waals surface area contributed by atoms with Crippen LogP contribution in [0.25, 0.3) is 0 Å². The lowest BCUT2D eigenvalue weighted by atomic mass is 10.2. The molecule has 0 radical (unpaired) electrons. The van der Waals surface area contributed by atoms with Crippen LogP contribution in [-0.2, 0) is 25.3 Å². The standard InChI is InChI=1S/C26H21BrClF3N2O5/c27-17-5-9-19(10-6-17)38-20-11-7-18(8-12-20)32-23(34)2-1-3-25(36)37-15-24(35)33-22-14-16(26(29,30)31)4-13-21(22)28/h4-14H,1-3,15H2,(H,32,34)(H,33,35). The second-order valence-electron chi connectivity index (χ2n) is 7.88. The number of amides is 2. The van der Waals surface area contributed by atoms with E-state index in [1.165, 1.54) is 0 Å². The topological polar surface area (TPSA) is 93.7 Å². The Morgan fingerprint density at radius 2 is 1.47 bits per heavy atom. The monoisotopic (exact) mass is 612 g/mol. The van der Waals surface area contributed by atoms with Gasteiger partial charge in [-0.3, -0.25) is 14.4 Å². The first-order chi connectivity index (χ1) is 18.0. The second-order valence-corrected chi connectivity index (χ2v) is 9.21. The number of nitrogens with one attached hydrogen (secondary N) is 2. The Bertz CT molecular complexity index is 1290. The number of benzene rings is 3. The van der Waals surface area contributed by atoms with Crippen molar-refractivity contribution in [1.82, 2.24) is 0 Å². The number of halogens is 5. The van der Waals surface area contributed by atoms with E-state index < -0.39 is 30.2 Å². The van der Waals surface area contributed by atoms with Crippen LogP contribution in [0.3, 0.4) is 0 Å². The molecule has 0 aliphatic carbocycles. The molecule has 0 bridgehead atoms. The Hall–Kier alpha value is -3.57. The number of hydrogen-bond donors (Lipinski definition) is 2. The predicted molar refractivity (Wildman–Crippen MR) is 139 cm³/mol. The molecular formula is C26H21BrClF3N2O5. The largest absolute Gasteiger partial charge is 0.457 e. The smallest absolute Gasteiger partial charge is 0.416 e. The van der Waals surface area contributed by atoms with E-state index in [0.29, 0.717) is 23.3 Å². The summed E-state index contributed by atoms with van der Waals surface area (Å²) in [6.45, 7) is -0.716. The molecule has 3 rings (SSSR count). The number of rotatable bonds is 10. The molecule has 0 aliphatic rings. The first kappa shape index (κ1) is 29.0. The van der Waals surface area contributed by atoms with E-state index in [4.69, 9.17) is 21.1 Å². The molecule has 7 nitrogen and oxygen atoms in total. The summed E-state index contributed by atoms with van der Waals surface area (Å²) >= 11 is 9.17. The molecular weight excluding hydrogens is 593 g/mol. The molecule has 0 spiro atoms. The molecule has 0 fully saturated rings. The van der Waals surface area contributed by atoms with Gasteiger partial charge in [0.05, 0.1) is 16.3 Å². The lowest BCUT2D eigenvalue weighted by Crippen LogP contribution is -2.21. The zero-order valence-electron chi connectivity index (χ0n) is 19.6. The third-order valence-electron chi connectivity index (χ3n) is 4.90. The van der Waals surface area contributed by atoms with Crippen molar-refractivity contribution in [3.8, 4) is 11.5 Å². The minimum absolute atomic E-state index is 0.0261. The first-order valence-corrected chi connectivity index (χ1v) is 12.3. The van der Waals surface area contributed by atoms with Gasteiger partial charge in [0.25, 0.3) is 5.91 Å². The molecule has 0 saturated heterocycles. The van der Waals surface area contributed by atoms with Crippen molar-refractivity contribution in [3.05, 3.63) is 81.8 Å². The summed E-state index contributed by atoms with van der Waals surface area (Å²) in [6, 6.07) is 16.5. The molecule has 0 atom stereocenters. The summed E-state index contributed by atoms with van der Waals surface area (Å²) in [5.41, 5.74) is -0.699. The van der Waals surface area contributed by atoms with Crippen molar-refractivity contribution in [2.45, 2.75) is 25.4 Å². The van der Waals surface area contributed by atoms with Crippen molar-refractivity contribution < 1.29 is 37.0 Å². The first-order valence-electron chi connectivity index (χ1n) is 11.1. The third kappa shape index (κ3) is 9.38. The highest BCUT2D eigenvalue weighted by Gasteiger charge is 2.31. The Kier molecular flexibility index (Phi) is 10.1. The Morgan fingerprint density at radius 3 is 2.11 bits per heavy atom. The number of esters is 1. The van der Waals surface area contributed by atoms with Gasteiger partial charge in [-0.05, 0) is 73.2 Å². The number of alkyl halides is 3. The highest BCUT2D eigenvalue weighted by molar-refractivity contribution is 9.10. The molecule has 38 heavy (non-hydrogen) atoms. The highest BCUT2D eigenvalue weighted by Crippen LogP contribution is 2.33. The molecule has 0 aliphatic heterocycles. The van der Waals surface area contributed by atoms with Crippen LogP contribution in [0.1, 0.15) is 24.8 Å². The van der Waals surface area contributed by atoms with E-state index in [1.54, 1.807) is 24.3 Å². The van der Waals surface area contributed by atoms with Gasteiger partial charge in [0.1, 0.15) is 11.5 Å². The average Bonchev–Trinajstić information content (AvgIpc) is 2.86. The molecule has 0 unspecified atom stereocenters. The minimum Gasteiger partial charge on any atom is -0.457 e. The fourth-order valence-electron chi connectivity index (χ4n) is 3.06. The maximum Gasteiger partial charge on any atom is 0.416 e. The normalized spacial score (nSPS) is 11.0. The number of hydrogen-bond acceptors (Lipinski definition) is 5. The summed E-state index contributed by atoms with van der Waals surface area (Å²) in [4.78, 5) is 36.0. The quantitative estimate of drug-likeness (QED) is 0.236. The van der Waals surface area contributed by atoms with Crippen LogP contribution < -0.4 is 15.4 Å². The van der Waals surface area contributed by atoms with Gasteiger partial charge < -0.3 is 20.1 Å². The van der Waals surface area contributed by atoms with Crippen molar-refractivity contribution in [3.63, 3.8) is 0 Å². The van der Waals surface area contributed by atoms with Crippen molar-refractivity contribution in [1.29, 1.82) is 0 Å². The summed E-state index contributed by atoms with van der Waals surface area (Å²) in [5.74, 6) is -0.667. The van der Waals surface area contributed by atoms with Crippen molar-refractivity contribution in [2.24, 2.45) is 0 Å². The fourth-order valence-corrected chi connectivity index (χ4v) is 3.49. The predicted octanol–water partition coefficient (Wildman–Crippen LogP) is 7.20. The lowest BCUT2D eigenvalue weighted by Gasteiger charge is -2.12. The summed E-state index contributed by atoms with van der Waals surface area (Å²) in [7, 11) is 0. The third-order valence-corrected chi connectivity index (χ3v) is 5.76. The molecule has 0 heterocycles. The summed E-state index contributed by atoms with van der Waals surface area (Å²) in [5, 5.41) is 4.78. The van der Waals surface area contributed by atoms with Crippen LogP contribution in [0.5, 0.6) is 11.5 Å². The van der Waals surface area contributed by atoms with E-state index in [-0.39, 0.29) is 35.9 Å². The molecule has 3 aromatic carbocycles.